The zero-order valence-electron chi connectivity index (χ0n) is 27.5. The van der Waals surface area contributed by atoms with Gasteiger partial charge in [-0.25, -0.2) is 0 Å². The molecule has 0 heterocycles. The Morgan fingerprint density at radius 1 is 0.410 bits per heavy atom. The van der Waals surface area contributed by atoms with Crippen LogP contribution in [0.25, 0.3) is 0 Å². The van der Waals surface area contributed by atoms with E-state index in [1.165, 1.54) is 123 Å². The van der Waals surface area contributed by atoms with Crippen LogP contribution in [0.1, 0.15) is 112 Å². The molecule has 0 aromatic carbocycles. The molecule has 0 saturated heterocycles. The van der Waals surface area contributed by atoms with Gasteiger partial charge in [0.05, 0.1) is 0 Å². The third kappa shape index (κ3) is 65.8. The summed E-state index contributed by atoms with van der Waals surface area (Å²) < 4.78 is 0. The Morgan fingerprint density at radius 3 is 0.795 bits per heavy atom. The van der Waals surface area contributed by atoms with E-state index < -0.39 is 0 Å². The topological polar surface area (TPSA) is 13.0 Å². The first-order valence-corrected chi connectivity index (χ1v) is 33.8. The van der Waals surface area contributed by atoms with E-state index in [-0.39, 0.29) is 24.0 Å². The van der Waals surface area contributed by atoms with Crippen molar-refractivity contribution < 1.29 is 13.3 Å². The summed E-state index contributed by atoms with van der Waals surface area (Å²) in [7, 11) is 8.82. The first kappa shape index (κ1) is 55.6. The van der Waals surface area contributed by atoms with Gasteiger partial charge in [-0.2, -0.15) is 0 Å². The van der Waals surface area contributed by atoms with Crippen molar-refractivity contribution in [1.29, 1.82) is 0 Å². The monoisotopic (exact) mass is 1230 g/mol. The standard InChI is InChI=1S/C13H30N2.C10H24N2.C6H14.I3.I2.HI/c1-5-7-8-12-15(4)13-10-9-11-14(3)6-2;1-5-11(3)9-7-8-10-12(4)6-2;1-3-5-6-4-2;1-3-2;1-2;/h5-13H2,1-4H3;5-10H2,1-4H3;3-6H2,1-2H3;;;1H/q;;;-1;;. The number of unbranched alkanes of at least 4 members (excludes halogenated alkanes) is 7. The van der Waals surface area contributed by atoms with Gasteiger partial charge < -0.3 is 19.6 Å². The van der Waals surface area contributed by atoms with Crippen LogP contribution in [-0.4, -0.2) is 100 Å². The second-order valence-electron chi connectivity index (χ2n) is 9.87. The fourth-order valence-corrected chi connectivity index (χ4v) is 3.24. The van der Waals surface area contributed by atoms with E-state index >= 15 is 0 Å². The molecule has 0 unspecified atom stereocenters. The first-order valence-electron chi connectivity index (χ1n) is 15.0. The molecule has 0 aromatic rings. The third-order valence-corrected chi connectivity index (χ3v) is 6.38. The van der Waals surface area contributed by atoms with Crippen molar-refractivity contribution in [1.82, 2.24) is 19.6 Å². The third-order valence-electron chi connectivity index (χ3n) is 6.38. The van der Waals surface area contributed by atoms with Crippen LogP contribution in [-0.2, 0) is 0 Å². The Morgan fingerprint density at radius 2 is 0.590 bits per heavy atom. The summed E-state index contributed by atoms with van der Waals surface area (Å²) in [5, 5.41) is 0. The summed E-state index contributed by atoms with van der Waals surface area (Å²) in [6, 6.07) is 0. The van der Waals surface area contributed by atoms with E-state index in [4.69, 9.17) is 0 Å². The van der Waals surface area contributed by atoms with Crippen LogP contribution < -0.4 is 13.3 Å². The van der Waals surface area contributed by atoms with Crippen molar-refractivity contribution in [3.8, 4) is 0 Å². The van der Waals surface area contributed by atoms with Crippen molar-refractivity contribution >= 4 is 98.4 Å². The van der Waals surface area contributed by atoms with Crippen LogP contribution in [0.3, 0.4) is 0 Å². The average molecular weight is 1240 g/mol. The Balaban J connectivity index is -0.000000101. The van der Waals surface area contributed by atoms with Crippen LogP contribution in [0.15, 0.2) is 0 Å². The Kier molecular flexibility index (Phi) is 78.0. The van der Waals surface area contributed by atoms with Crippen molar-refractivity contribution in [2.24, 2.45) is 0 Å². The zero-order chi connectivity index (χ0) is 30.5. The Hall–Kier alpha value is 4.22. The number of rotatable bonds is 20. The summed E-state index contributed by atoms with van der Waals surface area (Å²) >= 11 is 9.54. The van der Waals surface area contributed by atoms with Crippen molar-refractivity contribution in [2.75, 3.05) is 80.5 Å². The molecule has 0 atom stereocenters. The Bertz CT molecular complexity index is 346. The van der Waals surface area contributed by atoms with E-state index in [1.807, 2.05) is 0 Å². The van der Waals surface area contributed by atoms with E-state index in [1.54, 1.807) is 0 Å². The minimum atomic E-state index is 0. The van der Waals surface area contributed by atoms with Gasteiger partial charge in [0.15, 0.2) is 0 Å². The van der Waals surface area contributed by atoms with Gasteiger partial charge in [0.25, 0.3) is 0 Å². The van der Waals surface area contributed by atoms with Crippen molar-refractivity contribution in [2.45, 2.75) is 112 Å². The molecule has 0 N–H and O–H groups in total. The molecule has 0 fully saturated rings. The van der Waals surface area contributed by atoms with E-state index in [2.05, 4.69) is 164 Å². The average Bonchev–Trinajstić information content (AvgIpc) is 2.94. The predicted octanol–water partition coefficient (Wildman–Crippen LogP) is 8.26. The first-order chi connectivity index (χ1) is 18.2. The van der Waals surface area contributed by atoms with Crippen LogP contribution in [0.4, 0.5) is 0 Å². The van der Waals surface area contributed by atoms with E-state index in [0.717, 1.165) is 0 Å². The molecule has 0 spiro atoms. The molecule has 248 valence electrons. The molecule has 0 bridgehead atoms. The SMILES string of the molecule is CCCCCC.CCCCCN(C)CCCCN(C)CC.CCN(C)CCCCN(C)CC.I.II.I[I-]I. The zero-order valence-corrected chi connectivity index (χ0v) is 40.6. The molecule has 0 aliphatic heterocycles. The molecule has 10 heteroatoms. The van der Waals surface area contributed by atoms with Crippen LogP contribution in [0.2, 0.25) is 0 Å². The molecule has 0 rings (SSSR count). The number of hydrogen-bond acceptors (Lipinski definition) is 4. The summed E-state index contributed by atoms with van der Waals surface area (Å²) in [4.78, 5) is 9.59. The number of hydrogen-bond donors (Lipinski definition) is 0. The van der Waals surface area contributed by atoms with Gasteiger partial charge in [0, 0.05) is 37.2 Å². The molecule has 0 aromatic heterocycles. The second-order valence-corrected chi connectivity index (χ2v) is 26.1. The van der Waals surface area contributed by atoms with Gasteiger partial charge in [-0.05, 0) is 113 Å². The summed E-state index contributed by atoms with van der Waals surface area (Å²) in [5.41, 5.74) is 0. The van der Waals surface area contributed by atoms with Crippen LogP contribution >= 0.6 is 98.4 Å². The number of nitrogens with zero attached hydrogens (tertiary/aromatic N) is 4. The van der Waals surface area contributed by atoms with Gasteiger partial charge in [-0.3, -0.25) is 0 Å². The quantitative estimate of drug-likeness (QED) is 0.0901. The van der Waals surface area contributed by atoms with Crippen molar-refractivity contribution in [3.05, 3.63) is 0 Å². The summed E-state index contributed by atoms with van der Waals surface area (Å²) in [6.45, 7) is 23.2. The van der Waals surface area contributed by atoms with Crippen LogP contribution in [0.5, 0.6) is 0 Å². The van der Waals surface area contributed by atoms with Crippen LogP contribution in [0, 0.1) is 0 Å². The molecule has 0 radical (unpaired) electrons. The van der Waals surface area contributed by atoms with Gasteiger partial charge in [-0.1, -0.05) is 80.1 Å². The maximum absolute atomic E-state index is 2.47. The van der Waals surface area contributed by atoms with E-state index in [9.17, 15) is 0 Å². The molecular weight excluding hydrogens is 1170 g/mol. The molecule has 0 amide bonds. The Labute approximate surface area is 319 Å². The fraction of sp³-hybridized carbons (Fsp3) is 1.00. The minimum absolute atomic E-state index is 0. The van der Waals surface area contributed by atoms with Gasteiger partial charge in [-0.15, -0.1) is 24.0 Å². The fourth-order valence-electron chi connectivity index (χ4n) is 3.24. The maximum atomic E-state index is 2.47. The van der Waals surface area contributed by atoms with E-state index in [0.29, 0.717) is 13.3 Å². The van der Waals surface area contributed by atoms with Gasteiger partial charge in [0.1, 0.15) is 0 Å². The molecule has 0 saturated carbocycles. The second kappa shape index (κ2) is 54.7. The predicted molar refractivity (Wildman–Crippen MR) is 226 cm³/mol. The van der Waals surface area contributed by atoms with Gasteiger partial charge in [0.2, 0.25) is 0 Å². The normalized spacial score (nSPS) is 10.1. The van der Waals surface area contributed by atoms with Crippen molar-refractivity contribution in [3.63, 3.8) is 0 Å². The molecule has 4 nitrogen and oxygen atoms in total. The summed E-state index contributed by atoms with van der Waals surface area (Å²) in [6.07, 6.45) is 14.9. The molecular formula is C29H69I6N4-. The molecule has 39 heavy (non-hydrogen) atoms. The van der Waals surface area contributed by atoms with Gasteiger partial charge >= 0.3 is 50.5 Å². The molecule has 0 aliphatic carbocycles. The number of halogens is 6. The summed E-state index contributed by atoms with van der Waals surface area (Å²) in [5.74, 6) is 0. The molecule has 0 aliphatic rings.